The second kappa shape index (κ2) is 11.3. The number of carbonyl (C=O) groups is 1. The van der Waals surface area contributed by atoms with Gasteiger partial charge in [0.15, 0.2) is 0 Å². The predicted molar refractivity (Wildman–Crippen MR) is 132 cm³/mol. The third-order valence-corrected chi connectivity index (χ3v) is 5.01. The Morgan fingerprint density at radius 2 is 1.52 bits per heavy atom. The van der Waals surface area contributed by atoms with Crippen LogP contribution in [0, 0.1) is 5.92 Å². The van der Waals surface area contributed by atoms with E-state index in [0.29, 0.717) is 34.1 Å². The van der Waals surface area contributed by atoms with Crippen molar-refractivity contribution >= 4 is 28.3 Å². The zero-order chi connectivity index (χ0) is 24.8. The van der Waals surface area contributed by atoms with E-state index >= 15 is 0 Å². The largest absolute Gasteiger partial charge is 0.494 e. The number of esters is 1. The van der Waals surface area contributed by atoms with Crippen molar-refractivity contribution in [1.82, 2.24) is 9.97 Å². The molecular formula is C25H34N2O5S. The molecule has 0 aliphatic rings. The number of carbonyl (C=O) groups excluding carboxylic acids is 1. The van der Waals surface area contributed by atoms with Gasteiger partial charge in [-0.25, -0.2) is 9.97 Å². The van der Waals surface area contributed by atoms with E-state index in [4.69, 9.17) is 23.9 Å². The summed E-state index contributed by atoms with van der Waals surface area (Å²) < 4.78 is 21.8. The molecule has 0 amide bonds. The summed E-state index contributed by atoms with van der Waals surface area (Å²) >= 11 is 1.59. The summed E-state index contributed by atoms with van der Waals surface area (Å²) in [5.41, 5.74) is 1.66. The third kappa shape index (κ3) is 7.32. The average molecular weight is 475 g/mol. The Morgan fingerprint density at radius 1 is 0.939 bits per heavy atom. The number of nitrogens with zero attached hydrogens (tertiary/aromatic N) is 2. The van der Waals surface area contributed by atoms with Crippen molar-refractivity contribution in [3.63, 3.8) is 0 Å². The lowest BCUT2D eigenvalue weighted by Crippen LogP contribution is -2.26. The lowest BCUT2D eigenvalue weighted by atomic mass is 10.1. The van der Waals surface area contributed by atoms with Gasteiger partial charge in [0, 0.05) is 0 Å². The molecule has 0 bridgehead atoms. The quantitative estimate of drug-likeness (QED) is 0.397. The molecule has 3 aromatic rings. The van der Waals surface area contributed by atoms with Gasteiger partial charge < -0.3 is 18.9 Å². The molecule has 0 radical (unpaired) electrons. The van der Waals surface area contributed by atoms with Crippen LogP contribution in [0.25, 0.3) is 21.6 Å². The van der Waals surface area contributed by atoms with E-state index in [-0.39, 0.29) is 23.6 Å². The van der Waals surface area contributed by atoms with Crippen LogP contribution in [0.5, 0.6) is 17.4 Å². The van der Waals surface area contributed by atoms with E-state index in [2.05, 4.69) is 4.98 Å². The molecule has 0 aliphatic carbocycles. The van der Waals surface area contributed by atoms with Crippen molar-refractivity contribution in [1.29, 1.82) is 0 Å². The van der Waals surface area contributed by atoms with Crippen molar-refractivity contribution in [2.24, 2.45) is 5.92 Å². The molecule has 0 spiro atoms. The van der Waals surface area contributed by atoms with Gasteiger partial charge in [0.05, 0.1) is 31.1 Å². The minimum Gasteiger partial charge on any atom is -0.494 e. The Kier molecular flexibility index (Phi) is 9.05. The first kappa shape index (κ1) is 26.4. The highest BCUT2D eigenvalue weighted by molar-refractivity contribution is 7.13. The van der Waals surface area contributed by atoms with Gasteiger partial charge in [-0.05, 0) is 58.2 Å². The number of benzene rings is 1. The molecule has 180 valence electrons. The molecule has 33 heavy (non-hydrogen) atoms. The molecular weight excluding hydrogens is 440 g/mol. The maximum absolute atomic E-state index is 10.9. The highest BCUT2D eigenvalue weighted by Gasteiger charge is 2.19. The first-order valence-electron chi connectivity index (χ1n) is 10.8. The molecule has 0 saturated heterocycles. The lowest BCUT2D eigenvalue weighted by Gasteiger charge is -2.20. The van der Waals surface area contributed by atoms with Crippen LogP contribution < -0.4 is 14.2 Å². The van der Waals surface area contributed by atoms with E-state index < -0.39 is 0 Å². The standard InChI is InChI=1S/C17H18N2O3S.C8H16O2/c1-10(2)22-17-16(13-6-5-9-23-13)18-14-11(20-3)7-8-12(21-4)15(14)19-17;1-6(2)7(9)10-8(3,4)5/h5-10H,1-4H3;6H,1-5H3. The van der Waals surface area contributed by atoms with Crippen LogP contribution in [0.2, 0.25) is 0 Å². The molecule has 3 rings (SSSR count). The number of methoxy groups -OCH3 is 2. The minimum atomic E-state index is -0.346. The number of fused-ring (bicyclic) bond motifs is 1. The molecule has 0 unspecified atom stereocenters. The van der Waals surface area contributed by atoms with Crippen LogP contribution in [-0.2, 0) is 9.53 Å². The van der Waals surface area contributed by atoms with Gasteiger partial charge >= 0.3 is 5.97 Å². The summed E-state index contributed by atoms with van der Waals surface area (Å²) in [4.78, 5) is 21.4. The second-order valence-electron chi connectivity index (χ2n) is 8.88. The Bertz CT molecular complexity index is 1060. The summed E-state index contributed by atoms with van der Waals surface area (Å²) in [5, 5.41) is 2.00. The second-order valence-corrected chi connectivity index (χ2v) is 9.82. The molecule has 8 heteroatoms. The van der Waals surface area contributed by atoms with Gasteiger partial charge in [-0.1, -0.05) is 19.9 Å². The van der Waals surface area contributed by atoms with Crippen LogP contribution in [0.3, 0.4) is 0 Å². The first-order valence-corrected chi connectivity index (χ1v) is 11.7. The highest BCUT2D eigenvalue weighted by atomic mass is 32.1. The fourth-order valence-electron chi connectivity index (χ4n) is 2.70. The van der Waals surface area contributed by atoms with Crippen molar-refractivity contribution in [2.75, 3.05) is 14.2 Å². The summed E-state index contributed by atoms with van der Waals surface area (Å²) in [6, 6.07) is 7.63. The summed E-state index contributed by atoms with van der Waals surface area (Å²) in [6.45, 7) is 13.2. The number of hydrogen-bond acceptors (Lipinski definition) is 8. The molecule has 2 heterocycles. The fraction of sp³-hybridized carbons (Fsp3) is 0.480. The zero-order valence-electron chi connectivity index (χ0n) is 20.9. The minimum absolute atomic E-state index is 0.00272. The Morgan fingerprint density at radius 3 is 1.91 bits per heavy atom. The average Bonchev–Trinajstić information content (AvgIpc) is 3.26. The summed E-state index contributed by atoms with van der Waals surface area (Å²) in [7, 11) is 3.23. The molecule has 0 saturated carbocycles. The molecule has 0 N–H and O–H groups in total. The first-order chi connectivity index (χ1) is 15.5. The SMILES string of the molecule is CC(C)C(=O)OC(C)(C)C.COc1ccc(OC)c2nc(-c3cccs3)c(OC(C)C)nc12. The van der Waals surface area contributed by atoms with Crippen molar-refractivity contribution in [2.45, 2.75) is 60.2 Å². The van der Waals surface area contributed by atoms with Gasteiger partial charge in [0.2, 0.25) is 5.88 Å². The number of ether oxygens (including phenoxy) is 4. The predicted octanol–water partition coefficient (Wildman–Crippen LogP) is 6.15. The molecule has 2 aromatic heterocycles. The zero-order valence-corrected chi connectivity index (χ0v) is 21.7. The number of rotatable bonds is 6. The Balaban J connectivity index is 0.000000328. The third-order valence-electron chi connectivity index (χ3n) is 4.14. The molecule has 0 atom stereocenters. The van der Waals surface area contributed by atoms with Crippen molar-refractivity contribution in [3.05, 3.63) is 29.6 Å². The van der Waals surface area contributed by atoms with E-state index in [1.165, 1.54) is 0 Å². The molecule has 0 aliphatic heterocycles. The van der Waals surface area contributed by atoms with Crippen molar-refractivity contribution in [3.8, 4) is 28.0 Å². The smallest absolute Gasteiger partial charge is 0.308 e. The molecule has 1 aromatic carbocycles. The van der Waals surface area contributed by atoms with Gasteiger partial charge in [-0.15, -0.1) is 11.3 Å². The lowest BCUT2D eigenvalue weighted by molar-refractivity contribution is -0.158. The maximum Gasteiger partial charge on any atom is 0.308 e. The molecule has 0 fully saturated rings. The highest BCUT2D eigenvalue weighted by Crippen LogP contribution is 2.37. The fourth-order valence-corrected chi connectivity index (χ4v) is 3.41. The van der Waals surface area contributed by atoms with Crippen LogP contribution in [0.15, 0.2) is 29.6 Å². The van der Waals surface area contributed by atoms with Crippen LogP contribution in [0.1, 0.15) is 48.5 Å². The normalized spacial score (nSPS) is 11.2. The summed E-state index contributed by atoms with van der Waals surface area (Å²) in [6.07, 6.45) is -0.00272. The van der Waals surface area contributed by atoms with E-state index in [9.17, 15) is 4.79 Å². The monoisotopic (exact) mass is 474 g/mol. The van der Waals surface area contributed by atoms with E-state index in [0.717, 1.165) is 4.88 Å². The topological polar surface area (TPSA) is 79.8 Å². The van der Waals surface area contributed by atoms with Gasteiger partial charge in [-0.3, -0.25) is 4.79 Å². The van der Waals surface area contributed by atoms with Crippen LogP contribution in [-0.4, -0.2) is 41.9 Å². The van der Waals surface area contributed by atoms with Crippen LogP contribution in [0.4, 0.5) is 0 Å². The van der Waals surface area contributed by atoms with Gasteiger partial charge in [0.1, 0.15) is 33.8 Å². The Labute approximate surface area is 200 Å². The Hall–Kier alpha value is -2.87. The van der Waals surface area contributed by atoms with Crippen LogP contribution >= 0.6 is 11.3 Å². The number of aromatic nitrogens is 2. The van der Waals surface area contributed by atoms with E-state index in [1.807, 2.05) is 78.1 Å². The van der Waals surface area contributed by atoms with Crippen molar-refractivity contribution < 1.29 is 23.7 Å². The van der Waals surface area contributed by atoms with Gasteiger partial charge in [0.25, 0.3) is 0 Å². The summed E-state index contributed by atoms with van der Waals surface area (Å²) in [5.74, 6) is 1.63. The number of hydrogen-bond donors (Lipinski definition) is 0. The number of thiophene rings is 1. The maximum atomic E-state index is 10.9. The molecule has 7 nitrogen and oxygen atoms in total. The van der Waals surface area contributed by atoms with E-state index in [1.54, 1.807) is 25.6 Å². The van der Waals surface area contributed by atoms with Gasteiger partial charge in [-0.2, -0.15) is 0 Å².